The van der Waals surface area contributed by atoms with Crippen LogP contribution in [-0.2, 0) is 4.79 Å². The van der Waals surface area contributed by atoms with E-state index in [-0.39, 0.29) is 5.97 Å². The van der Waals surface area contributed by atoms with Crippen LogP contribution in [0.4, 0.5) is 0 Å². The normalized spacial score (nSPS) is 10.4. The number of benzene rings is 1. The van der Waals surface area contributed by atoms with Crippen LogP contribution in [0.15, 0.2) is 24.4 Å². The maximum atomic E-state index is 10.8. The molecule has 0 fully saturated rings. The maximum Gasteiger partial charge on any atom is 0.308 e. The summed E-state index contributed by atoms with van der Waals surface area (Å²) >= 11 is 0. The summed E-state index contributed by atoms with van der Waals surface area (Å²) in [6.45, 7) is 3.41. The SMILES string of the molecule is CC(=O)Oc1ccc(C)c2[nH]ccc12. The number of carbonyl (C=O) groups excluding carboxylic acids is 1. The van der Waals surface area contributed by atoms with E-state index in [1.165, 1.54) is 6.92 Å². The van der Waals surface area contributed by atoms with E-state index in [1.54, 1.807) is 0 Å². The third-order valence-corrected chi connectivity index (χ3v) is 2.15. The van der Waals surface area contributed by atoms with Crippen molar-refractivity contribution in [3.8, 4) is 5.75 Å². The Morgan fingerprint density at radius 3 is 2.86 bits per heavy atom. The van der Waals surface area contributed by atoms with Crippen LogP contribution in [0, 0.1) is 6.92 Å². The molecule has 0 saturated carbocycles. The number of esters is 1. The number of hydrogen-bond acceptors (Lipinski definition) is 2. The number of H-pyrrole nitrogens is 1. The minimum atomic E-state index is -0.295. The largest absolute Gasteiger partial charge is 0.426 e. The highest BCUT2D eigenvalue weighted by atomic mass is 16.5. The molecule has 0 amide bonds. The lowest BCUT2D eigenvalue weighted by atomic mass is 10.1. The van der Waals surface area contributed by atoms with Gasteiger partial charge >= 0.3 is 5.97 Å². The van der Waals surface area contributed by atoms with Crippen molar-refractivity contribution in [3.63, 3.8) is 0 Å². The molecule has 0 unspecified atom stereocenters. The van der Waals surface area contributed by atoms with E-state index < -0.39 is 0 Å². The Morgan fingerprint density at radius 1 is 1.36 bits per heavy atom. The van der Waals surface area contributed by atoms with Gasteiger partial charge in [-0.3, -0.25) is 4.79 Å². The molecule has 0 atom stereocenters. The van der Waals surface area contributed by atoms with Crippen LogP contribution in [0.25, 0.3) is 10.9 Å². The second-order valence-electron chi connectivity index (χ2n) is 3.24. The van der Waals surface area contributed by atoms with Crippen molar-refractivity contribution < 1.29 is 9.53 Å². The molecule has 1 aromatic carbocycles. The van der Waals surface area contributed by atoms with Crippen LogP contribution in [0.1, 0.15) is 12.5 Å². The van der Waals surface area contributed by atoms with Gasteiger partial charge in [0.25, 0.3) is 0 Å². The van der Waals surface area contributed by atoms with Gasteiger partial charge in [-0.2, -0.15) is 0 Å². The van der Waals surface area contributed by atoms with Crippen LogP contribution < -0.4 is 4.74 Å². The van der Waals surface area contributed by atoms with Gasteiger partial charge in [-0.15, -0.1) is 0 Å². The Hall–Kier alpha value is -1.77. The Balaban J connectivity index is 2.60. The molecule has 72 valence electrons. The van der Waals surface area contributed by atoms with Crippen LogP contribution >= 0.6 is 0 Å². The van der Waals surface area contributed by atoms with Gasteiger partial charge in [-0.05, 0) is 24.6 Å². The molecule has 2 aromatic rings. The zero-order valence-corrected chi connectivity index (χ0v) is 8.13. The number of aromatic nitrogens is 1. The summed E-state index contributed by atoms with van der Waals surface area (Å²) in [5.74, 6) is 0.315. The van der Waals surface area contributed by atoms with Crippen molar-refractivity contribution in [3.05, 3.63) is 30.0 Å². The summed E-state index contributed by atoms with van der Waals surface area (Å²) in [7, 11) is 0. The molecular formula is C11H11NO2. The van der Waals surface area contributed by atoms with E-state index in [0.717, 1.165) is 16.5 Å². The third-order valence-electron chi connectivity index (χ3n) is 2.15. The summed E-state index contributed by atoms with van der Waals surface area (Å²) < 4.78 is 5.08. The summed E-state index contributed by atoms with van der Waals surface area (Å²) in [4.78, 5) is 13.9. The molecule has 1 N–H and O–H groups in total. The number of aromatic amines is 1. The molecule has 1 aromatic heterocycles. The second-order valence-corrected chi connectivity index (χ2v) is 3.24. The Kier molecular flexibility index (Phi) is 2.00. The lowest BCUT2D eigenvalue weighted by molar-refractivity contribution is -0.131. The number of rotatable bonds is 1. The average molecular weight is 189 g/mol. The molecule has 14 heavy (non-hydrogen) atoms. The van der Waals surface area contributed by atoms with Gasteiger partial charge in [-0.1, -0.05) is 6.07 Å². The fourth-order valence-electron chi connectivity index (χ4n) is 1.52. The third kappa shape index (κ3) is 1.37. The van der Waals surface area contributed by atoms with E-state index in [2.05, 4.69) is 4.98 Å². The van der Waals surface area contributed by atoms with Crippen molar-refractivity contribution in [2.75, 3.05) is 0 Å². The summed E-state index contributed by atoms with van der Waals surface area (Å²) in [6.07, 6.45) is 1.84. The van der Waals surface area contributed by atoms with E-state index in [1.807, 2.05) is 31.3 Å². The van der Waals surface area contributed by atoms with E-state index in [9.17, 15) is 4.79 Å². The standard InChI is InChI=1S/C11H11NO2/c1-7-3-4-10(14-8(2)13)9-5-6-12-11(7)9/h3-6,12H,1-2H3. The van der Waals surface area contributed by atoms with E-state index >= 15 is 0 Å². The number of hydrogen-bond donors (Lipinski definition) is 1. The highest BCUT2D eigenvalue weighted by Gasteiger charge is 2.06. The van der Waals surface area contributed by atoms with Gasteiger partial charge < -0.3 is 9.72 Å². The summed E-state index contributed by atoms with van der Waals surface area (Å²) in [5.41, 5.74) is 2.16. The second kappa shape index (κ2) is 3.18. The van der Waals surface area contributed by atoms with Crippen molar-refractivity contribution in [1.29, 1.82) is 0 Å². The molecule has 0 spiro atoms. The smallest absolute Gasteiger partial charge is 0.308 e. The maximum absolute atomic E-state index is 10.8. The number of fused-ring (bicyclic) bond motifs is 1. The molecule has 0 aliphatic carbocycles. The first kappa shape index (κ1) is 8.81. The number of aryl methyl sites for hydroxylation is 1. The molecule has 1 heterocycles. The van der Waals surface area contributed by atoms with Gasteiger partial charge in [0.2, 0.25) is 0 Å². The molecule has 0 aliphatic heterocycles. The lowest BCUT2D eigenvalue weighted by Crippen LogP contribution is -2.01. The van der Waals surface area contributed by atoms with Gasteiger partial charge in [0.15, 0.2) is 0 Å². The summed E-state index contributed by atoms with van der Waals surface area (Å²) in [5, 5.41) is 0.945. The molecule has 0 aliphatic rings. The highest BCUT2D eigenvalue weighted by molar-refractivity contribution is 5.90. The number of nitrogens with one attached hydrogen (secondary N) is 1. The monoisotopic (exact) mass is 189 g/mol. The van der Waals surface area contributed by atoms with Gasteiger partial charge in [0, 0.05) is 18.5 Å². The Morgan fingerprint density at radius 2 is 2.14 bits per heavy atom. The number of carbonyl (C=O) groups is 1. The quantitative estimate of drug-likeness (QED) is 0.553. The first-order valence-electron chi connectivity index (χ1n) is 4.43. The highest BCUT2D eigenvalue weighted by Crippen LogP contribution is 2.27. The van der Waals surface area contributed by atoms with E-state index in [0.29, 0.717) is 5.75 Å². The zero-order valence-electron chi connectivity index (χ0n) is 8.13. The van der Waals surface area contributed by atoms with Gasteiger partial charge in [-0.25, -0.2) is 0 Å². The van der Waals surface area contributed by atoms with E-state index in [4.69, 9.17) is 4.74 Å². The van der Waals surface area contributed by atoms with Crippen LogP contribution in [0.2, 0.25) is 0 Å². The van der Waals surface area contributed by atoms with Crippen molar-refractivity contribution in [2.45, 2.75) is 13.8 Å². The average Bonchev–Trinajstić information content (AvgIpc) is 2.58. The molecule has 3 nitrogen and oxygen atoms in total. The lowest BCUT2D eigenvalue weighted by Gasteiger charge is -2.04. The van der Waals surface area contributed by atoms with Crippen molar-refractivity contribution in [2.24, 2.45) is 0 Å². The van der Waals surface area contributed by atoms with Crippen molar-refractivity contribution >= 4 is 16.9 Å². The van der Waals surface area contributed by atoms with Crippen LogP contribution in [-0.4, -0.2) is 11.0 Å². The first-order valence-corrected chi connectivity index (χ1v) is 4.43. The predicted molar refractivity (Wildman–Crippen MR) is 54.3 cm³/mol. The first-order chi connectivity index (χ1) is 6.68. The minimum absolute atomic E-state index is 0.295. The van der Waals surface area contributed by atoms with Gasteiger partial charge in [0.05, 0.1) is 5.52 Å². The topological polar surface area (TPSA) is 42.1 Å². The van der Waals surface area contributed by atoms with Gasteiger partial charge in [0.1, 0.15) is 5.75 Å². The van der Waals surface area contributed by atoms with Crippen LogP contribution in [0.5, 0.6) is 5.75 Å². The number of ether oxygens (including phenoxy) is 1. The Bertz CT molecular complexity index is 485. The molecule has 2 rings (SSSR count). The van der Waals surface area contributed by atoms with Crippen molar-refractivity contribution in [1.82, 2.24) is 4.98 Å². The molecular weight excluding hydrogens is 178 g/mol. The Labute approximate surface area is 81.7 Å². The molecule has 3 heteroatoms. The minimum Gasteiger partial charge on any atom is -0.426 e. The summed E-state index contributed by atoms with van der Waals surface area (Å²) in [6, 6.07) is 5.64. The zero-order chi connectivity index (χ0) is 10.1. The van der Waals surface area contributed by atoms with Crippen LogP contribution in [0.3, 0.4) is 0 Å². The predicted octanol–water partition coefficient (Wildman–Crippen LogP) is 2.40. The molecule has 0 saturated heterocycles. The molecule has 0 radical (unpaired) electrons. The fourth-order valence-corrected chi connectivity index (χ4v) is 1.52. The molecule has 0 bridgehead atoms. The fraction of sp³-hybridized carbons (Fsp3) is 0.182.